The zero-order valence-corrected chi connectivity index (χ0v) is 15.2. The predicted molar refractivity (Wildman–Crippen MR) is 105 cm³/mol. The van der Waals surface area contributed by atoms with Gasteiger partial charge >= 0.3 is 0 Å². The number of piperazine rings is 1. The fourth-order valence-electron chi connectivity index (χ4n) is 3.87. The molecular formula is C20H27N5O. The van der Waals surface area contributed by atoms with Gasteiger partial charge in [-0.1, -0.05) is 24.6 Å². The van der Waals surface area contributed by atoms with E-state index in [1.165, 1.54) is 24.9 Å². The van der Waals surface area contributed by atoms with Gasteiger partial charge in [0.2, 0.25) is 5.88 Å². The van der Waals surface area contributed by atoms with E-state index in [4.69, 9.17) is 10.5 Å². The Morgan fingerprint density at radius 2 is 1.58 bits per heavy atom. The summed E-state index contributed by atoms with van der Waals surface area (Å²) in [6, 6.07) is 10.5. The predicted octanol–water partition coefficient (Wildman–Crippen LogP) is 3.10. The molecule has 2 N–H and O–H groups in total. The summed E-state index contributed by atoms with van der Waals surface area (Å²) in [6.45, 7) is 3.68. The van der Waals surface area contributed by atoms with Crippen LogP contribution < -0.4 is 20.3 Å². The molecular weight excluding hydrogens is 326 g/mol. The molecule has 1 saturated carbocycles. The lowest BCUT2D eigenvalue weighted by Gasteiger charge is -2.37. The number of hydrogen-bond donors (Lipinski definition) is 1. The quantitative estimate of drug-likeness (QED) is 0.911. The zero-order chi connectivity index (χ0) is 17.8. The van der Waals surface area contributed by atoms with E-state index >= 15 is 0 Å². The molecule has 1 aliphatic carbocycles. The summed E-state index contributed by atoms with van der Waals surface area (Å²) in [4.78, 5) is 13.4. The molecule has 138 valence electrons. The summed E-state index contributed by atoms with van der Waals surface area (Å²) in [7, 11) is 0. The van der Waals surface area contributed by atoms with Crippen molar-refractivity contribution < 1.29 is 4.74 Å². The van der Waals surface area contributed by atoms with Gasteiger partial charge in [-0.25, -0.2) is 4.98 Å². The highest BCUT2D eigenvalue weighted by Gasteiger charge is 2.23. The van der Waals surface area contributed by atoms with E-state index in [1.807, 2.05) is 0 Å². The maximum atomic E-state index is 6.37. The van der Waals surface area contributed by atoms with Gasteiger partial charge in [-0.05, 0) is 37.8 Å². The normalized spacial score (nSPS) is 18.8. The smallest absolute Gasteiger partial charge is 0.242 e. The molecule has 6 nitrogen and oxygen atoms in total. The van der Waals surface area contributed by atoms with Crippen molar-refractivity contribution in [2.45, 2.75) is 38.2 Å². The molecule has 0 bridgehead atoms. The second-order valence-electron chi connectivity index (χ2n) is 7.10. The first-order chi connectivity index (χ1) is 12.8. The molecule has 2 heterocycles. The molecule has 2 aliphatic rings. The van der Waals surface area contributed by atoms with Crippen molar-refractivity contribution >= 4 is 17.2 Å². The van der Waals surface area contributed by atoms with Crippen molar-refractivity contribution in [1.29, 1.82) is 0 Å². The number of ether oxygens (including phenoxy) is 1. The summed E-state index contributed by atoms with van der Waals surface area (Å²) in [5, 5.41) is 0. The number of nitrogens with two attached hydrogens (primary N) is 1. The molecule has 1 saturated heterocycles. The molecule has 0 unspecified atom stereocenters. The van der Waals surface area contributed by atoms with Gasteiger partial charge in [-0.3, -0.25) is 0 Å². The van der Waals surface area contributed by atoms with E-state index in [-0.39, 0.29) is 6.10 Å². The van der Waals surface area contributed by atoms with Gasteiger partial charge in [0.05, 0.1) is 0 Å². The summed E-state index contributed by atoms with van der Waals surface area (Å²) in [5.41, 5.74) is 8.21. The monoisotopic (exact) mass is 353 g/mol. The summed E-state index contributed by atoms with van der Waals surface area (Å²) in [5.74, 6) is 1.35. The number of hydrogen-bond acceptors (Lipinski definition) is 6. The molecule has 0 amide bonds. The van der Waals surface area contributed by atoms with Crippen molar-refractivity contribution in [3.8, 4) is 5.88 Å². The van der Waals surface area contributed by atoms with E-state index < -0.39 is 0 Å². The molecule has 1 aromatic carbocycles. The Kier molecular flexibility index (Phi) is 5.09. The summed E-state index contributed by atoms with van der Waals surface area (Å²) < 4.78 is 6.09. The molecule has 2 fully saturated rings. The van der Waals surface area contributed by atoms with Crippen LogP contribution in [0.5, 0.6) is 5.88 Å². The van der Waals surface area contributed by atoms with E-state index in [9.17, 15) is 0 Å². The number of aromatic nitrogens is 2. The fraction of sp³-hybridized carbons (Fsp3) is 0.500. The van der Waals surface area contributed by atoms with Crippen LogP contribution in [-0.2, 0) is 0 Å². The highest BCUT2D eigenvalue weighted by Crippen LogP contribution is 2.31. The van der Waals surface area contributed by atoms with Crippen molar-refractivity contribution in [3.05, 3.63) is 36.7 Å². The lowest BCUT2D eigenvalue weighted by molar-refractivity contribution is 0.149. The lowest BCUT2D eigenvalue weighted by atomic mass is 9.98. The van der Waals surface area contributed by atoms with Crippen LogP contribution in [0.2, 0.25) is 0 Å². The molecule has 1 aliphatic heterocycles. The minimum Gasteiger partial charge on any atom is -0.473 e. The van der Waals surface area contributed by atoms with Crippen LogP contribution in [0.4, 0.5) is 17.2 Å². The molecule has 0 radical (unpaired) electrons. The van der Waals surface area contributed by atoms with Gasteiger partial charge < -0.3 is 20.3 Å². The highest BCUT2D eigenvalue weighted by atomic mass is 16.5. The zero-order valence-electron chi connectivity index (χ0n) is 15.2. The molecule has 0 spiro atoms. The second-order valence-corrected chi connectivity index (χ2v) is 7.10. The minimum absolute atomic E-state index is 0.240. The Morgan fingerprint density at radius 1 is 0.885 bits per heavy atom. The topological polar surface area (TPSA) is 67.5 Å². The summed E-state index contributed by atoms with van der Waals surface area (Å²) in [6.07, 6.45) is 7.75. The molecule has 1 aromatic heterocycles. The van der Waals surface area contributed by atoms with Crippen LogP contribution >= 0.6 is 0 Å². The third kappa shape index (κ3) is 3.69. The maximum absolute atomic E-state index is 6.37. The largest absolute Gasteiger partial charge is 0.473 e. The van der Waals surface area contributed by atoms with Gasteiger partial charge in [0.1, 0.15) is 18.1 Å². The Hall–Kier alpha value is -2.50. The lowest BCUT2D eigenvalue weighted by Crippen LogP contribution is -2.47. The molecule has 26 heavy (non-hydrogen) atoms. The van der Waals surface area contributed by atoms with Crippen LogP contribution in [0, 0.1) is 0 Å². The minimum atomic E-state index is 0.240. The molecule has 6 heteroatoms. The van der Waals surface area contributed by atoms with Crippen molar-refractivity contribution in [2.24, 2.45) is 0 Å². The average Bonchev–Trinajstić information content (AvgIpc) is 2.71. The van der Waals surface area contributed by atoms with Gasteiger partial charge in [-0.15, -0.1) is 0 Å². The number of para-hydroxylation sites is 1. The van der Waals surface area contributed by atoms with Gasteiger partial charge in [-0.2, -0.15) is 4.98 Å². The SMILES string of the molecule is Nc1c(OC2CCCCC2)ncnc1N1CCN(c2ccccc2)CC1. The number of rotatable bonds is 4. The van der Waals surface area contributed by atoms with Crippen molar-refractivity contribution in [3.63, 3.8) is 0 Å². The van der Waals surface area contributed by atoms with Gasteiger partial charge in [0.25, 0.3) is 0 Å². The van der Waals surface area contributed by atoms with Gasteiger partial charge in [0, 0.05) is 31.9 Å². The number of benzene rings is 1. The van der Waals surface area contributed by atoms with Crippen LogP contribution in [0.15, 0.2) is 36.7 Å². The third-order valence-electron chi connectivity index (χ3n) is 5.36. The second kappa shape index (κ2) is 7.81. The van der Waals surface area contributed by atoms with E-state index in [1.54, 1.807) is 6.33 Å². The van der Waals surface area contributed by atoms with E-state index in [0.717, 1.165) is 44.8 Å². The first-order valence-electron chi connectivity index (χ1n) is 9.63. The highest BCUT2D eigenvalue weighted by molar-refractivity contribution is 5.68. The first kappa shape index (κ1) is 16.9. The standard InChI is InChI=1S/C20H27N5O/c21-18-19(22-15-23-20(18)26-17-9-5-2-6-10-17)25-13-11-24(12-14-25)16-7-3-1-4-8-16/h1,3-4,7-8,15,17H,2,5-6,9-14,21H2. The van der Waals surface area contributed by atoms with Crippen molar-refractivity contribution in [1.82, 2.24) is 9.97 Å². The van der Waals surface area contributed by atoms with Crippen LogP contribution in [0.3, 0.4) is 0 Å². The molecule has 2 aromatic rings. The molecule has 4 rings (SSSR count). The Balaban J connectivity index is 1.42. The van der Waals surface area contributed by atoms with Crippen molar-refractivity contribution in [2.75, 3.05) is 41.7 Å². The summed E-state index contributed by atoms with van der Waals surface area (Å²) >= 11 is 0. The maximum Gasteiger partial charge on any atom is 0.242 e. The third-order valence-corrected chi connectivity index (χ3v) is 5.36. The van der Waals surface area contributed by atoms with Gasteiger partial charge in [0.15, 0.2) is 5.82 Å². The fourth-order valence-corrected chi connectivity index (χ4v) is 3.87. The average molecular weight is 353 g/mol. The van der Waals surface area contributed by atoms with Crippen LogP contribution in [-0.4, -0.2) is 42.3 Å². The Morgan fingerprint density at radius 3 is 2.31 bits per heavy atom. The van der Waals surface area contributed by atoms with Crippen LogP contribution in [0.25, 0.3) is 0 Å². The Labute approximate surface area is 155 Å². The molecule has 0 atom stereocenters. The van der Waals surface area contributed by atoms with E-state index in [2.05, 4.69) is 50.1 Å². The first-order valence-corrected chi connectivity index (χ1v) is 9.63. The van der Waals surface area contributed by atoms with E-state index in [0.29, 0.717) is 11.6 Å². The number of nitrogen functional groups attached to an aromatic ring is 1. The number of nitrogens with zero attached hydrogens (tertiary/aromatic N) is 4. The Bertz CT molecular complexity index is 709. The van der Waals surface area contributed by atoms with Crippen LogP contribution in [0.1, 0.15) is 32.1 Å². The number of anilines is 3.